The van der Waals surface area contributed by atoms with E-state index in [4.69, 9.17) is 0 Å². The fourth-order valence-corrected chi connectivity index (χ4v) is 5.49. The number of nitrogens with zero attached hydrogens (tertiary/aromatic N) is 1. The average molecular weight is 467 g/mol. The predicted molar refractivity (Wildman–Crippen MR) is 129 cm³/mol. The van der Waals surface area contributed by atoms with Crippen molar-refractivity contribution in [3.8, 4) is 0 Å². The van der Waals surface area contributed by atoms with E-state index in [1.807, 2.05) is 30.3 Å². The van der Waals surface area contributed by atoms with E-state index in [2.05, 4.69) is 26.1 Å². The molecule has 3 aromatic rings. The van der Waals surface area contributed by atoms with Crippen LogP contribution in [0, 0.1) is 5.82 Å². The molecule has 1 N–H and O–H groups in total. The molecule has 3 aromatic carbocycles. The van der Waals surface area contributed by atoms with E-state index in [1.165, 1.54) is 16.4 Å². The second-order valence-electron chi connectivity index (χ2n) is 9.26. The van der Waals surface area contributed by atoms with Crippen LogP contribution in [0.15, 0.2) is 71.6 Å². The third-order valence-corrected chi connectivity index (χ3v) is 7.66. The minimum atomic E-state index is -3.81. The molecule has 0 radical (unpaired) electrons. The van der Waals surface area contributed by atoms with E-state index >= 15 is 0 Å². The maximum Gasteiger partial charge on any atom is 0.264 e. The smallest absolute Gasteiger partial charge is 0.264 e. The lowest BCUT2D eigenvalue weighted by Gasteiger charge is -2.31. The van der Waals surface area contributed by atoms with Gasteiger partial charge in [0.15, 0.2) is 0 Å². The first-order chi connectivity index (χ1) is 15.6. The van der Waals surface area contributed by atoms with Gasteiger partial charge in [0.05, 0.1) is 10.6 Å². The van der Waals surface area contributed by atoms with Crippen molar-refractivity contribution >= 4 is 27.3 Å². The number of anilines is 2. The summed E-state index contributed by atoms with van der Waals surface area (Å²) < 4.78 is 40.9. The molecule has 0 saturated heterocycles. The van der Waals surface area contributed by atoms with Gasteiger partial charge in [0.1, 0.15) is 5.82 Å². The van der Waals surface area contributed by atoms with Gasteiger partial charge in [-0.25, -0.2) is 12.8 Å². The van der Waals surface area contributed by atoms with Crippen molar-refractivity contribution in [1.82, 2.24) is 0 Å². The largest absolute Gasteiger partial charge is 0.322 e. The Kier molecular flexibility index (Phi) is 6.01. The number of sulfonamides is 1. The van der Waals surface area contributed by atoms with Crippen LogP contribution in [0.1, 0.15) is 48.7 Å². The lowest BCUT2D eigenvalue weighted by Crippen LogP contribution is -2.35. The summed E-state index contributed by atoms with van der Waals surface area (Å²) in [5, 5.41) is 2.91. The highest BCUT2D eigenvalue weighted by Gasteiger charge is 2.29. The molecule has 0 saturated carbocycles. The number of halogens is 1. The second-order valence-corrected chi connectivity index (χ2v) is 11.1. The van der Waals surface area contributed by atoms with E-state index in [9.17, 15) is 17.6 Å². The van der Waals surface area contributed by atoms with Gasteiger partial charge in [0.25, 0.3) is 15.9 Å². The van der Waals surface area contributed by atoms with E-state index in [0.29, 0.717) is 36.3 Å². The van der Waals surface area contributed by atoms with Crippen molar-refractivity contribution in [2.75, 3.05) is 16.2 Å². The molecule has 4 rings (SSSR count). The van der Waals surface area contributed by atoms with Crippen molar-refractivity contribution in [3.63, 3.8) is 0 Å². The number of carbonyl (C=O) groups excluding carboxylic acids is 1. The predicted octanol–water partition coefficient (Wildman–Crippen LogP) is 5.52. The highest BCUT2D eigenvalue weighted by molar-refractivity contribution is 7.92. The third-order valence-electron chi connectivity index (χ3n) is 5.83. The minimum Gasteiger partial charge on any atom is -0.322 e. The first-order valence-corrected chi connectivity index (χ1v) is 12.3. The molecular formula is C26H27FN2O3S. The lowest BCUT2D eigenvalue weighted by atomic mass is 9.87. The number of amides is 1. The zero-order valence-electron chi connectivity index (χ0n) is 18.9. The Balaban J connectivity index is 1.56. The maximum atomic E-state index is 13.3. The van der Waals surface area contributed by atoms with Gasteiger partial charge in [-0.3, -0.25) is 9.10 Å². The Morgan fingerprint density at radius 2 is 1.64 bits per heavy atom. The molecule has 1 aliphatic heterocycles. The van der Waals surface area contributed by atoms with Gasteiger partial charge in [-0.2, -0.15) is 0 Å². The highest BCUT2D eigenvalue weighted by Crippen LogP contribution is 2.34. The summed E-state index contributed by atoms with van der Waals surface area (Å²) in [6.07, 6.45) is 1.36. The van der Waals surface area contributed by atoms with Crippen LogP contribution in [0.4, 0.5) is 15.8 Å². The zero-order valence-corrected chi connectivity index (χ0v) is 19.7. The monoisotopic (exact) mass is 466 g/mol. The molecule has 33 heavy (non-hydrogen) atoms. The first kappa shape index (κ1) is 23.0. The van der Waals surface area contributed by atoms with Crippen LogP contribution in [0.2, 0.25) is 0 Å². The van der Waals surface area contributed by atoms with Gasteiger partial charge in [0, 0.05) is 17.8 Å². The average Bonchev–Trinajstić information content (AvgIpc) is 2.78. The Bertz CT molecular complexity index is 1280. The maximum absolute atomic E-state index is 13.3. The lowest BCUT2D eigenvalue weighted by molar-refractivity contribution is 0.102. The molecule has 0 spiro atoms. The number of hydrogen-bond donors (Lipinski definition) is 1. The molecular weight excluding hydrogens is 439 g/mol. The summed E-state index contributed by atoms with van der Waals surface area (Å²) in [6, 6.07) is 17.6. The van der Waals surface area contributed by atoms with Crippen LogP contribution in [-0.4, -0.2) is 20.9 Å². The van der Waals surface area contributed by atoms with E-state index in [-0.39, 0.29) is 16.2 Å². The summed E-state index contributed by atoms with van der Waals surface area (Å²) in [4.78, 5) is 12.8. The van der Waals surface area contributed by atoms with Crippen molar-refractivity contribution in [1.29, 1.82) is 0 Å². The van der Waals surface area contributed by atoms with Crippen LogP contribution in [0.3, 0.4) is 0 Å². The zero-order chi connectivity index (χ0) is 23.8. The molecule has 0 aliphatic carbocycles. The molecule has 0 bridgehead atoms. The molecule has 5 nitrogen and oxygen atoms in total. The fourth-order valence-electron chi connectivity index (χ4n) is 3.95. The minimum absolute atomic E-state index is 0.00756. The standard InChI is InChI=1S/C26H27FN2O3S/c1-26(2,3)20-8-6-18(7-9-20)25(30)28-22-12-15-24-19(17-22)5-4-16-29(24)33(31,32)23-13-10-21(27)11-14-23/h6-15,17H,4-5,16H2,1-3H3,(H,28,30). The van der Waals surface area contributed by atoms with Gasteiger partial charge in [-0.1, -0.05) is 32.9 Å². The summed E-state index contributed by atoms with van der Waals surface area (Å²) in [7, 11) is -3.81. The van der Waals surface area contributed by atoms with Crippen LogP contribution in [0.25, 0.3) is 0 Å². The Morgan fingerprint density at radius 3 is 2.27 bits per heavy atom. The van der Waals surface area contributed by atoms with Crippen LogP contribution in [0.5, 0.6) is 0 Å². The number of carbonyl (C=O) groups is 1. The molecule has 7 heteroatoms. The van der Waals surface area contributed by atoms with Crippen molar-refractivity contribution < 1.29 is 17.6 Å². The SMILES string of the molecule is CC(C)(C)c1ccc(C(=O)Nc2ccc3c(c2)CCCN3S(=O)(=O)c2ccc(F)cc2)cc1. The van der Waals surface area contributed by atoms with E-state index < -0.39 is 15.8 Å². The van der Waals surface area contributed by atoms with Crippen molar-refractivity contribution in [3.05, 3.63) is 89.2 Å². The summed E-state index contributed by atoms with van der Waals surface area (Å²) in [6.45, 7) is 6.71. The van der Waals surface area contributed by atoms with Gasteiger partial charge in [-0.15, -0.1) is 0 Å². The molecule has 1 heterocycles. The van der Waals surface area contributed by atoms with Gasteiger partial charge in [-0.05, 0) is 84.0 Å². The third kappa shape index (κ3) is 4.78. The molecule has 0 atom stereocenters. The Morgan fingerprint density at radius 1 is 0.970 bits per heavy atom. The molecule has 0 aromatic heterocycles. The Labute approximate surface area is 194 Å². The summed E-state index contributed by atoms with van der Waals surface area (Å²) in [5.74, 6) is -0.705. The second kappa shape index (κ2) is 8.63. The molecule has 172 valence electrons. The van der Waals surface area contributed by atoms with Crippen LogP contribution < -0.4 is 9.62 Å². The molecule has 1 amide bonds. The van der Waals surface area contributed by atoms with Gasteiger partial charge >= 0.3 is 0 Å². The van der Waals surface area contributed by atoms with E-state index in [1.54, 1.807) is 12.1 Å². The topological polar surface area (TPSA) is 66.5 Å². The first-order valence-electron chi connectivity index (χ1n) is 10.9. The van der Waals surface area contributed by atoms with Crippen molar-refractivity contribution in [2.24, 2.45) is 0 Å². The van der Waals surface area contributed by atoms with Crippen LogP contribution >= 0.6 is 0 Å². The highest BCUT2D eigenvalue weighted by atomic mass is 32.2. The van der Waals surface area contributed by atoms with Crippen LogP contribution in [-0.2, 0) is 21.9 Å². The quantitative estimate of drug-likeness (QED) is 0.551. The molecule has 0 fully saturated rings. The number of rotatable bonds is 4. The fraction of sp³-hybridized carbons (Fsp3) is 0.269. The van der Waals surface area contributed by atoms with Gasteiger partial charge in [0.2, 0.25) is 0 Å². The number of hydrogen-bond acceptors (Lipinski definition) is 3. The summed E-state index contributed by atoms with van der Waals surface area (Å²) in [5.41, 5.74) is 3.75. The number of fused-ring (bicyclic) bond motifs is 1. The van der Waals surface area contributed by atoms with E-state index in [0.717, 1.165) is 23.3 Å². The number of aryl methyl sites for hydroxylation is 1. The van der Waals surface area contributed by atoms with Crippen molar-refractivity contribution in [2.45, 2.75) is 43.9 Å². The molecule has 1 aliphatic rings. The molecule has 0 unspecified atom stereocenters. The Hall–Kier alpha value is -3.19. The number of benzene rings is 3. The van der Waals surface area contributed by atoms with Gasteiger partial charge < -0.3 is 5.32 Å². The number of nitrogens with one attached hydrogen (secondary N) is 1. The summed E-state index contributed by atoms with van der Waals surface area (Å²) >= 11 is 0. The normalized spacial score (nSPS) is 14.0.